The molecule has 1 aliphatic rings. The number of carbonyl (C=O) groups excluding carboxylic acids is 1. The molecule has 0 saturated carbocycles. The largest absolute Gasteiger partial charge is 0.496 e. The van der Waals surface area contributed by atoms with E-state index in [9.17, 15) is 13.2 Å². The number of methoxy groups -OCH3 is 1. The number of hydrogen-bond acceptors (Lipinski definition) is 5. The van der Waals surface area contributed by atoms with Crippen LogP contribution in [0.4, 0.5) is 0 Å². The lowest BCUT2D eigenvalue weighted by atomic mass is 10.1. The zero-order chi connectivity index (χ0) is 17.9. The van der Waals surface area contributed by atoms with Gasteiger partial charge in [0.15, 0.2) is 0 Å². The van der Waals surface area contributed by atoms with Crippen LogP contribution in [-0.2, 0) is 10.0 Å². The van der Waals surface area contributed by atoms with Crippen LogP contribution in [0.3, 0.4) is 0 Å². The van der Waals surface area contributed by atoms with Crippen LogP contribution in [0.15, 0.2) is 23.1 Å². The summed E-state index contributed by atoms with van der Waals surface area (Å²) < 4.78 is 32.5. The van der Waals surface area contributed by atoms with Crippen LogP contribution < -0.4 is 10.1 Å². The molecule has 1 aromatic rings. The van der Waals surface area contributed by atoms with Crippen molar-refractivity contribution >= 4 is 28.3 Å². The van der Waals surface area contributed by atoms with Gasteiger partial charge in [-0.05, 0) is 38.1 Å². The SMILES string of the molecule is CNC1CCCN(S(=O)(=O)c2ccc(OC)c(C(=O)N(C)C)c2)C1.Cl. The fourth-order valence-electron chi connectivity index (χ4n) is 2.80. The number of sulfonamides is 1. The number of hydrogen-bond donors (Lipinski definition) is 1. The van der Waals surface area contributed by atoms with Crippen molar-refractivity contribution in [1.82, 2.24) is 14.5 Å². The quantitative estimate of drug-likeness (QED) is 0.815. The number of nitrogens with zero attached hydrogens (tertiary/aromatic N) is 2. The van der Waals surface area contributed by atoms with E-state index in [0.717, 1.165) is 12.8 Å². The van der Waals surface area contributed by atoms with Gasteiger partial charge in [-0.15, -0.1) is 12.4 Å². The molecule has 0 bridgehead atoms. The molecular formula is C16H26ClN3O4S. The Balaban J connectivity index is 0.00000312. The Morgan fingerprint density at radius 1 is 1.36 bits per heavy atom. The zero-order valence-electron chi connectivity index (χ0n) is 15.0. The highest BCUT2D eigenvalue weighted by Crippen LogP contribution is 2.27. The molecule has 0 aliphatic carbocycles. The van der Waals surface area contributed by atoms with Gasteiger partial charge in [-0.1, -0.05) is 0 Å². The number of halogens is 1. The number of rotatable bonds is 5. The zero-order valence-corrected chi connectivity index (χ0v) is 16.6. The van der Waals surface area contributed by atoms with E-state index >= 15 is 0 Å². The monoisotopic (exact) mass is 391 g/mol. The van der Waals surface area contributed by atoms with Crippen LogP contribution in [0.5, 0.6) is 5.75 Å². The van der Waals surface area contributed by atoms with Gasteiger partial charge in [0.1, 0.15) is 5.75 Å². The molecule has 1 unspecified atom stereocenters. The highest BCUT2D eigenvalue weighted by Gasteiger charge is 2.30. The summed E-state index contributed by atoms with van der Waals surface area (Å²) in [5, 5.41) is 3.13. The van der Waals surface area contributed by atoms with Crippen molar-refractivity contribution in [3.05, 3.63) is 23.8 Å². The van der Waals surface area contributed by atoms with Crippen molar-refractivity contribution in [2.24, 2.45) is 0 Å². The minimum atomic E-state index is -3.64. The van der Waals surface area contributed by atoms with Gasteiger partial charge in [0.2, 0.25) is 10.0 Å². The van der Waals surface area contributed by atoms with Crippen molar-refractivity contribution in [3.63, 3.8) is 0 Å². The lowest BCUT2D eigenvalue weighted by Gasteiger charge is -2.31. The van der Waals surface area contributed by atoms with E-state index in [2.05, 4.69) is 5.32 Å². The third-order valence-corrected chi connectivity index (χ3v) is 6.10. The molecule has 1 amide bonds. The van der Waals surface area contributed by atoms with E-state index in [-0.39, 0.29) is 34.8 Å². The van der Waals surface area contributed by atoms with Crippen LogP contribution in [-0.4, -0.2) is 70.9 Å². The molecule has 0 spiro atoms. The smallest absolute Gasteiger partial charge is 0.257 e. The maximum absolute atomic E-state index is 12.9. The minimum Gasteiger partial charge on any atom is -0.496 e. The number of ether oxygens (including phenoxy) is 1. The van der Waals surface area contributed by atoms with Gasteiger partial charge in [0.25, 0.3) is 5.91 Å². The molecule has 142 valence electrons. The molecule has 2 rings (SSSR count). The Kier molecular flexibility index (Phi) is 7.67. The molecule has 1 fully saturated rings. The molecule has 1 atom stereocenters. The molecular weight excluding hydrogens is 366 g/mol. The fraction of sp³-hybridized carbons (Fsp3) is 0.562. The topological polar surface area (TPSA) is 79.0 Å². The van der Waals surface area contributed by atoms with Crippen LogP contribution in [0.25, 0.3) is 0 Å². The predicted molar refractivity (Wildman–Crippen MR) is 99.1 cm³/mol. The summed E-state index contributed by atoms with van der Waals surface area (Å²) in [5.74, 6) is 0.0649. The molecule has 25 heavy (non-hydrogen) atoms. The number of benzene rings is 1. The first-order valence-electron chi connectivity index (χ1n) is 7.88. The maximum Gasteiger partial charge on any atom is 0.257 e. The van der Waals surface area contributed by atoms with Crippen molar-refractivity contribution in [2.75, 3.05) is 41.3 Å². The van der Waals surface area contributed by atoms with Gasteiger partial charge in [0, 0.05) is 33.2 Å². The van der Waals surface area contributed by atoms with Gasteiger partial charge in [-0.3, -0.25) is 4.79 Å². The summed E-state index contributed by atoms with van der Waals surface area (Å²) in [7, 11) is 2.88. The second-order valence-corrected chi connectivity index (χ2v) is 7.99. The first kappa shape index (κ1) is 21.7. The summed E-state index contributed by atoms with van der Waals surface area (Å²) in [5.41, 5.74) is 0.241. The Hall–Kier alpha value is -1.35. The van der Waals surface area contributed by atoms with Gasteiger partial charge in [-0.25, -0.2) is 8.42 Å². The molecule has 1 heterocycles. The highest BCUT2D eigenvalue weighted by atomic mass is 35.5. The second-order valence-electron chi connectivity index (χ2n) is 6.05. The molecule has 1 aliphatic heterocycles. The summed E-state index contributed by atoms with van der Waals surface area (Å²) in [6, 6.07) is 4.57. The molecule has 9 heteroatoms. The number of nitrogens with one attached hydrogen (secondary N) is 1. The molecule has 1 saturated heterocycles. The van der Waals surface area contributed by atoms with Crippen molar-refractivity contribution < 1.29 is 17.9 Å². The van der Waals surface area contributed by atoms with Crippen molar-refractivity contribution in [2.45, 2.75) is 23.8 Å². The van der Waals surface area contributed by atoms with Gasteiger partial charge in [-0.2, -0.15) is 4.31 Å². The lowest BCUT2D eigenvalue weighted by Crippen LogP contribution is -2.46. The summed E-state index contributed by atoms with van der Waals surface area (Å²) in [6.45, 7) is 0.922. The number of likely N-dealkylation sites (N-methyl/N-ethyl adjacent to an activating group) is 1. The van der Waals surface area contributed by atoms with E-state index in [1.54, 1.807) is 14.1 Å². The Labute approximate surface area is 155 Å². The molecule has 1 N–H and O–H groups in total. The fourth-order valence-corrected chi connectivity index (χ4v) is 4.35. The van der Waals surface area contributed by atoms with E-state index in [4.69, 9.17) is 4.74 Å². The van der Waals surface area contributed by atoms with Crippen molar-refractivity contribution in [3.8, 4) is 5.75 Å². The summed E-state index contributed by atoms with van der Waals surface area (Å²) in [6.07, 6.45) is 1.76. The minimum absolute atomic E-state index is 0. The van der Waals surface area contributed by atoms with Gasteiger partial charge in [0.05, 0.1) is 17.6 Å². The average molecular weight is 392 g/mol. The summed E-state index contributed by atoms with van der Waals surface area (Å²) >= 11 is 0. The van der Waals surface area contributed by atoms with Gasteiger partial charge >= 0.3 is 0 Å². The number of piperidine rings is 1. The molecule has 1 aromatic carbocycles. The van der Waals surface area contributed by atoms with E-state index in [1.165, 1.54) is 34.5 Å². The highest BCUT2D eigenvalue weighted by molar-refractivity contribution is 7.89. The standard InChI is InChI=1S/C16H25N3O4S.ClH/c1-17-12-6-5-9-19(11-12)24(21,22)13-7-8-15(23-4)14(10-13)16(20)18(2)3;/h7-8,10,12,17H,5-6,9,11H2,1-4H3;1H. The average Bonchev–Trinajstić information content (AvgIpc) is 2.60. The van der Waals surface area contributed by atoms with E-state index in [0.29, 0.717) is 18.8 Å². The normalized spacial score (nSPS) is 18.3. The number of carbonyl (C=O) groups is 1. The third-order valence-electron chi connectivity index (χ3n) is 4.24. The first-order valence-corrected chi connectivity index (χ1v) is 9.32. The Morgan fingerprint density at radius 2 is 2.04 bits per heavy atom. The third kappa shape index (κ3) is 4.63. The van der Waals surface area contributed by atoms with E-state index < -0.39 is 10.0 Å². The molecule has 7 nitrogen and oxygen atoms in total. The van der Waals surface area contributed by atoms with Crippen molar-refractivity contribution in [1.29, 1.82) is 0 Å². The Morgan fingerprint density at radius 3 is 2.60 bits per heavy atom. The first-order chi connectivity index (χ1) is 11.3. The predicted octanol–water partition coefficient (Wildman–Crippen LogP) is 1.19. The lowest BCUT2D eigenvalue weighted by molar-refractivity contribution is 0.0824. The molecule has 0 aromatic heterocycles. The summed E-state index contributed by atoms with van der Waals surface area (Å²) in [4.78, 5) is 13.8. The van der Waals surface area contributed by atoms with Crippen LogP contribution >= 0.6 is 12.4 Å². The second kappa shape index (κ2) is 8.84. The number of amides is 1. The van der Waals surface area contributed by atoms with Crippen LogP contribution in [0, 0.1) is 0 Å². The van der Waals surface area contributed by atoms with Gasteiger partial charge < -0.3 is 15.0 Å². The maximum atomic E-state index is 12.9. The van der Waals surface area contributed by atoms with Crippen LogP contribution in [0.2, 0.25) is 0 Å². The van der Waals surface area contributed by atoms with E-state index in [1.807, 2.05) is 7.05 Å². The Bertz CT molecular complexity index is 709. The molecule has 0 radical (unpaired) electrons. The van der Waals surface area contributed by atoms with Crippen LogP contribution in [0.1, 0.15) is 23.2 Å².